The molecule has 0 aliphatic heterocycles. The van der Waals surface area contributed by atoms with Crippen molar-refractivity contribution in [2.45, 2.75) is 25.6 Å². The number of alkyl halides is 1. The van der Waals surface area contributed by atoms with E-state index in [9.17, 15) is 24.8 Å². The highest BCUT2D eigenvalue weighted by Crippen LogP contribution is 2.32. The third-order valence-electron chi connectivity index (χ3n) is 4.88. The molecule has 178 valence electrons. The van der Waals surface area contributed by atoms with Gasteiger partial charge in [-0.2, -0.15) is 0 Å². The number of hydrogen-bond acceptors (Lipinski definition) is 8. The van der Waals surface area contributed by atoms with E-state index in [1.165, 1.54) is 43.4 Å². The number of non-ortho nitro benzene ring substituents is 1. The summed E-state index contributed by atoms with van der Waals surface area (Å²) in [5.41, 5.74) is 0.655. The third kappa shape index (κ3) is 6.33. The van der Waals surface area contributed by atoms with Gasteiger partial charge in [0, 0.05) is 23.8 Å². The molecule has 0 radical (unpaired) electrons. The Bertz CT molecular complexity index is 983. The summed E-state index contributed by atoms with van der Waals surface area (Å²) in [6, 6.07) is 8.91. The molecule has 2 atom stereocenters. The number of nitro groups is 1. The molecular formula is C22H25ClN2O8. The van der Waals surface area contributed by atoms with Crippen LogP contribution in [0.15, 0.2) is 42.5 Å². The summed E-state index contributed by atoms with van der Waals surface area (Å²) in [6.07, 6.45) is -1.78. The fourth-order valence-electron chi connectivity index (χ4n) is 3.27. The molecule has 0 aromatic heterocycles. The van der Waals surface area contributed by atoms with E-state index in [4.69, 9.17) is 25.8 Å². The number of halogens is 1. The number of aliphatic hydroxyl groups is 1. The molecule has 0 spiro atoms. The first-order chi connectivity index (χ1) is 15.8. The van der Waals surface area contributed by atoms with Crippen molar-refractivity contribution in [3.63, 3.8) is 0 Å². The lowest BCUT2D eigenvalue weighted by Crippen LogP contribution is -2.44. The first-order valence-corrected chi connectivity index (χ1v) is 10.5. The number of rotatable bonds is 11. The number of carbonyl (C=O) groups is 2. The predicted molar refractivity (Wildman–Crippen MR) is 119 cm³/mol. The number of hydrogen-bond donors (Lipinski definition) is 1. The van der Waals surface area contributed by atoms with Crippen molar-refractivity contribution in [1.29, 1.82) is 0 Å². The van der Waals surface area contributed by atoms with Gasteiger partial charge in [-0.15, -0.1) is 11.6 Å². The predicted octanol–water partition coefficient (Wildman–Crippen LogP) is 2.84. The van der Waals surface area contributed by atoms with E-state index in [1.54, 1.807) is 25.1 Å². The number of nitro benzene ring substituents is 1. The van der Waals surface area contributed by atoms with Crippen LogP contribution in [0.4, 0.5) is 5.69 Å². The summed E-state index contributed by atoms with van der Waals surface area (Å²) in [6.45, 7) is 1.50. The summed E-state index contributed by atoms with van der Waals surface area (Å²) < 4.78 is 15.5. The topological polar surface area (TPSA) is 128 Å². The minimum absolute atomic E-state index is 0.0125. The Balaban J connectivity index is 2.57. The van der Waals surface area contributed by atoms with Crippen LogP contribution in [0.25, 0.3) is 0 Å². The van der Waals surface area contributed by atoms with Gasteiger partial charge >= 0.3 is 5.97 Å². The molecule has 2 aromatic carbocycles. The zero-order chi connectivity index (χ0) is 24.5. The van der Waals surface area contributed by atoms with Crippen LogP contribution in [0.3, 0.4) is 0 Å². The van der Waals surface area contributed by atoms with E-state index in [0.717, 1.165) is 0 Å². The molecule has 2 aromatic rings. The second-order valence-corrected chi connectivity index (χ2v) is 7.09. The second kappa shape index (κ2) is 12.0. The summed E-state index contributed by atoms with van der Waals surface area (Å²) in [4.78, 5) is 37.0. The van der Waals surface area contributed by atoms with Gasteiger partial charge in [0.2, 0.25) is 5.91 Å². The molecule has 2 rings (SSSR count). The van der Waals surface area contributed by atoms with Gasteiger partial charge in [0.1, 0.15) is 17.4 Å². The lowest BCUT2D eigenvalue weighted by molar-refractivity contribution is -0.384. The van der Waals surface area contributed by atoms with Crippen LogP contribution in [0.5, 0.6) is 11.5 Å². The zero-order valence-corrected chi connectivity index (χ0v) is 19.2. The Morgan fingerprint density at radius 1 is 1.15 bits per heavy atom. The standard InChI is InChI=1S/C22H25ClN2O8/c1-4-33-22(28)21(27)20(14-5-8-16(9-6-14)25(29)30)24(19(26)12-23)13-15-7-10-17(31-2)11-18(15)32-3/h5-11,20-21,27H,4,12-13H2,1-3H3. The van der Waals surface area contributed by atoms with E-state index in [2.05, 4.69) is 0 Å². The highest BCUT2D eigenvalue weighted by Gasteiger charge is 2.36. The molecule has 10 nitrogen and oxygen atoms in total. The molecular weight excluding hydrogens is 456 g/mol. The Kier molecular flexibility index (Phi) is 9.43. The van der Waals surface area contributed by atoms with Gasteiger partial charge in [-0.3, -0.25) is 14.9 Å². The van der Waals surface area contributed by atoms with Crippen LogP contribution in [-0.4, -0.2) is 59.6 Å². The summed E-state index contributed by atoms with van der Waals surface area (Å²) in [5, 5.41) is 21.9. The molecule has 0 aliphatic rings. The third-order valence-corrected chi connectivity index (χ3v) is 5.11. The number of esters is 1. The van der Waals surface area contributed by atoms with Crippen molar-refractivity contribution in [1.82, 2.24) is 4.90 Å². The quantitative estimate of drug-likeness (QED) is 0.225. The largest absolute Gasteiger partial charge is 0.497 e. The number of ether oxygens (including phenoxy) is 3. The van der Waals surface area contributed by atoms with E-state index in [-0.39, 0.29) is 24.4 Å². The zero-order valence-electron chi connectivity index (χ0n) is 18.4. The second-order valence-electron chi connectivity index (χ2n) is 6.82. The Labute approximate surface area is 195 Å². The molecule has 0 saturated heterocycles. The normalized spacial score (nSPS) is 12.4. The molecule has 1 amide bonds. The fourth-order valence-corrected chi connectivity index (χ4v) is 3.42. The first kappa shape index (κ1) is 25.9. The van der Waals surface area contributed by atoms with Crippen LogP contribution >= 0.6 is 11.6 Å². The van der Waals surface area contributed by atoms with Crippen LogP contribution in [0.2, 0.25) is 0 Å². The number of methoxy groups -OCH3 is 2. The lowest BCUT2D eigenvalue weighted by Gasteiger charge is -2.34. The van der Waals surface area contributed by atoms with E-state index in [1.807, 2.05) is 0 Å². The van der Waals surface area contributed by atoms with Crippen molar-refractivity contribution in [3.8, 4) is 11.5 Å². The summed E-state index contributed by atoms with van der Waals surface area (Å²) in [7, 11) is 2.95. The molecule has 0 heterocycles. The van der Waals surface area contributed by atoms with Gasteiger partial charge < -0.3 is 24.2 Å². The molecule has 33 heavy (non-hydrogen) atoms. The van der Waals surface area contributed by atoms with Crippen LogP contribution in [-0.2, 0) is 20.9 Å². The maximum absolute atomic E-state index is 12.9. The molecule has 0 bridgehead atoms. The molecule has 2 unspecified atom stereocenters. The molecule has 0 saturated carbocycles. The highest BCUT2D eigenvalue weighted by atomic mass is 35.5. The summed E-state index contributed by atoms with van der Waals surface area (Å²) >= 11 is 5.85. The van der Waals surface area contributed by atoms with E-state index < -0.39 is 34.8 Å². The number of nitrogens with zero attached hydrogens (tertiary/aromatic N) is 2. The van der Waals surface area contributed by atoms with Crippen molar-refractivity contribution in [2.24, 2.45) is 0 Å². The maximum atomic E-state index is 12.9. The van der Waals surface area contributed by atoms with Crippen LogP contribution in [0, 0.1) is 10.1 Å². The van der Waals surface area contributed by atoms with Gasteiger partial charge in [0.05, 0.1) is 38.3 Å². The number of benzene rings is 2. The van der Waals surface area contributed by atoms with Crippen molar-refractivity contribution in [3.05, 3.63) is 63.7 Å². The summed E-state index contributed by atoms with van der Waals surface area (Å²) in [5.74, 6) is -1.02. The number of carbonyl (C=O) groups excluding carboxylic acids is 2. The van der Waals surface area contributed by atoms with Gasteiger partial charge in [0.25, 0.3) is 5.69 Å². The number of amides is 1. The molecule has 0 aliphatic carbocycles. The average Bonchev–Trinajstić information content (AvgIpc) is 2.83. The van der Waals surface area contributed by atoms with Crippen molar-refractivity contribution in [2.75, 3.05) is 26.7 Å². The van der Waals surface area contributed by atoms with Crippen molar-refractivity contribution < 1.29 is 33.8 Å². The maximum Gasteiger partial charge on any atom is 0.337 e. The Morgan fingerprint density at radius 2 is 1.82 bits per heavy atom. The SMILES string of the molecule is CCOC(=O)C(O)C(c1ccc([N+](=O)[O-])cc1)N(Cc1ccc(OC)cc1OC)C(=O)CCl. The van der Waals surface area contributed by atoms with Gasteiger partial charge in [-0.1, -0.05) is 12.1 Å². The van der Waals surface area contributed by atoms with Crippen LogP contribution in [0.1, 0.15) is 24.1 Å². The van der Waals surface area contributed by atoms with E-state index >= 15 is 0 Å². The monoisotopic (exact) mass is 480 g/mol. The minimum Gasteiger partial charge on any atom is -0.497 e. The first-order valence-electron chi connectivity index (χ1n) is 9.92. The highest BCUT2D eigenvalue weighted by molar-refractivity contribution is 6.27. The van der Waals surface area contributed by atoms with E-state index in [0.29, 0.717) is 17.1 Å². The van der Waals surface area contributed by atoms with Crippen LogP contribution < -0.4 is 9.47 Å². The van der Waals surface area contributed by atoms with Gasteiger partial charge in [0.15, 0.2) is 6.10 Å². The molecule has 0 fully saturated rings. The Morgan fingerprint density at radius 3 is 2.33 bits per heavy atom. The molecule has 11 heteroatoms. The minimum atomic E-state index is -1.78. The fraction of sp³-hybridized carbons (Fsp3) is 0.364. The van der Waals surface area contributed by atoms with Gasteiger partial charge in [-0.25, -0.2) is 4.79 Å². The Hall–Kier alpha value is -3.37. The molecule has 1 N–H and O–H groups in total. The van der Waals surface area contributed by atoms with Gasteiger partial charge in [-0.05, 0) is 24.6 Å². The lowest BCUT2D eigenvalue weighted by atomic mass is 9.98. The smallest absolute Gasteiger partial charge is 0.337 e. The number of aliphatic hydroxyl groups excluding tert-OH is 1. The average molecular weight is 481 g/mol. The van der Waals surface area contributed by atoms with Crippen molar-refractivity contribution >= 4 is 29.2 Å².